The van der Waals surface area contributed by atoms with Gasteiger partial charge in [0.15, 0.2) is 0 Å². The van der Waals surface area contributed by atoms with Crippen LogP contribution in [0.15, 0.2) is 78.9 Å². The Morgan fingerprint density at radius 2 is 1.00 bits per heavy atom. The van der Waals surface area contributed by atoms with Crippen LogP contribution in [-0.2, 0) is 31.9 Å². The van der Waals surface area contributed by atoms with Crippen LogP contribution in [0.4, 0.5) is 17.1 Å². The van der Waals surface area contributed by atoms with Crippen LogP contribution >= 0.6 is 0 Å². The summed E-state index contributed by atoms with van der Waals surface area (Å²) in [4.78, 5) is 25.5. The summed E-state index contributed by atoms with van der Waals surface area (Å²) in [6.07, 6.45) is 2.06. The predicted molar refractivity (Wildman–Crippen MR) is 131 cm³/mol. The Morgan fingerprint density at radius 3 is 1.39 bits per heavy atom. The summed E-state index contributed by atoms with van der Waals surface area (Å²) in [5, 5.41) is 0. The van der Waals surface area contributed by atoms with Crippen molar-refractivity contribution in [1.82, 2.24) is 0 Å². The van der Waals surface area contributed by atoms with Gasteiger partial charge in [-0.3, -0.25) is 9.59 Å². The molecule has 0 radical (unpaired) electrons. The van der Waals surface area contributed by atoms with E-state index in [0.29, 0.717) is 38.9 Å². The maximum atomic E-state index is 11.6. The fourth-order valence-electron chi connectivity index (χ4n) is 3.61. The fourth-order valence-corrected chi connectivity index (χ4v) is 3.61. The Kier molecular flexibility index (Phi) is 9.07. The molecule has 3 aromatic rings. The highest BCUT2D eigenvalue weighted by molar-refractivity contribution is 5.77. The molecule has 172 valence electrons. The number of carbonyl (C=O) groups excluding carboxylic acids is 2. The zero-order chi connectivity index (χ0) is 23.5. The lowest BCUT2D eigenvalue weighted by molar-refractivity contribution is -0.144. The van der Waals surface area contributed by atoms with Gasteiger partial charge in [0.25, 0.3) is 0 Å². The minimum Gasteiger partial charge on any atom is -0.466 e. The van der Waals surface area contributed by atoms with Crippen molar-refractivity contribution in [2.45, 2.75) is 39.5 Å². The molecule has 3 aromatic carbocycles. The molecule has 0 N–H and O–H groups in total. The van der Waals surface area contributed by atoms with E-state index in [0.717, 1.165) is 28.2 Å². The van der Waals surface area contributed by atoms with Gasteiger partial charge in [-0.05, 0) is 74.2 Å². The van der Waals surface area contributed by atoms with Crippen LogP contribution in [-0.4, -0.2) is 25.2 Å². The molecule has 0 aliphatic rings. The molecule has 0 spiro atoms. The van der Waals surface area contributed by atoms with Gasteiger partial charge in [-0.2, -0.15) is 0 Å². The molecule has 5 nitrogen and oxygen atoms in total. The molecule has 0 fully saturated rings. The minimum absolute atomic E-state index is 0.171. The second-order valence-corrected chi connectivity index (χ2v) is 7.61. The van der Waals surface area contributed by atoms with E-state index in [1.807, 2.05) is 32.0 Å². The van der Waals surface area contributed by atoms with Gasteiger partial charge in [-0.15, -0.1) is 0 Å². The Morgan fingerprint density at radius 1 is 0.606 bits per heavy atom. The van der Waals surface area contributed by atoms with Crippen molar-refractivity contribution in [2.24, 2.45) is 0 Å². The number of aryl methyl sites for hydroxylation is 2. The van der Waals surface area contributed by atoms with Crippen molar-refractivity contribution in [1.29, 1.82) is 0 Å². The van der Waals surface area contributed by atoms with Gasteiger partial charge >= 0.3 is 11.9 Å². The minimum atomic E-state index is -0.171. The van der Waals surface area contributed by atoms with E-state index in [1.165, 1.54) is 0 Å². The summed E-state index contributed by atoms with van der Waals surface area (Å²) >= 11 is 0. The lowest BCUT2D eigenvalue weighted by atomic mass is 10.1. The molecule has 0 bridgehead atoms. The maximum Gasteiger partial charge on any atom is 0.306 e. The number of esters is 2. The van der Waals surface area contributed by atoms with E-state index >= 15 is 0 Å². The average molecular weight is 446 g/mol. The lowest BCUT2D eigenvalue weighted by Gasteiger charge is -2.26. The topological polar surface area (TPSA) is 55.8 Å². The van der Waals surface area contributed by atoms with E-state index in [-0.39, 0.29) is 11.9 Å². The van der Waals surface area contributed by atoms with E-state index in [9.17, 15) is 9.59 Å². The molecule has 0 amide bonds. The summed E-state index contributed by atoms with van der Waals surface area (Å²) in [7, 11) is 0. The molecule has 0 saturated heterocycles. The van der Waals surface area contributed by atoms with Crippen LogP contribution in [0.2, 0.25) is 0 Å². The lowest BCUT2D eigenvalue weighted by Crippen LogP contribution is -2.10. The highest BCUT2D eigenvalue weighted by Gasteiger charge is 2.13. The zero-order valence-corrected chi connectivity index (χ0v) is 19.3. The van der Waals surface area contributed by atoms with Gasteiger partial charge in [0.1, 0.15) is 0 Å². The summed E-state index contributed by atoms with van der Waals surface area (Å²) in [5.74, 6) is -0.342. The predicted octanol–water partition coefficient (Wildman–Crippen LogP) is 6.15. The first-order valence-corrected chi connectivity index (χ1v) is 11.4. The van der Waals surface area contributed by atoms with Crippen LogP contribution in [0.3, 0.4) is 0 Å². The van der Waals surface area contributed by atoms with Crippen molar-refractivity contribution < 1.29 is 19.1 Å². The monoisotopic (exact) mass is 445 g/mol. The third kappa shape index (κ3) is 7.21. The Balaban J connectivity index is 1.77. The number of carbonyl (C=O) groups is 2. The van der Waals surface area contributed by atoms with Gasteiger partial charge < -0.3 is 14.4 Å². The zero-order valence-electron chi connectivity index (χ0n) is 19.3. The molecular weight excluding hydrogens is 414 g/mol. The number of para-hydroxylation sites is 1. The molecular formula is C28H31NO4. The number of anilines is 3. The second kappa shape index (κ2) is 12.4. The molecule has 0 unspecified atom stereocenters. The quantitative estimate of drug-likeness (QED) is 0.332. The second-order valence-electron chi connectivity index (χ2n) is 7.61. The van der Waals surface area contributed by atoms with E-state index in [4.69, 9.17) is 9.47 Å². The van der Waals surface area contributed by atoms with Crippen molar-refractivity contribution in [3.05, 3.63) is 90.0 Å². The largest absolute Gasteiger partial charge is 0.466 e. The van der Waals surface area contributed by atoms with E-state index in [1.54, 1.807) is 0 Å². The van der Waals surface area contributed by atoms with Crippen LogP contribution < -0.4 is 4.90 Å². The molecule has 0 heterocycles. The van der Waals surface area contributed by atoms with Gasteiger partial charge in [0.2, 0.25) is 0 Å². The highest BCUT2D eigenvalue weighted by atomic mass is 16.5. The van der Waals surface area contributed by atoms with Crippen molar-refractivity contribution in [3.63, 3.8) is 0 Å². The molecule has 0 aliphatic heterocycles. The average Bonchev–Trinajstić information content (AvgIpc) is 2.84. The maximum absolute atomic E-state index is 11.6. The van der Waals surface area contributed by atoms with Crippen LogP contribution in [0.1, 0.15) is 37.8 Å². The molecule has 3 rings (SSSR count). The SMILES string of the molecule is CCOC(=O)CCc1ccc(N(c2ccccc2)c2ccc(CCC(=O)OCC)cc2)cc1. The molecule has 5 heteroatoms. The van der Waals surface area contributed by atoms with E-state index < -0.39 is 0 Å². The molecule has 0 aromatic heterocycles. The molecule has 0 atom stereocenters. The van der Waals surface area contributed by atoms with Crippen LogP contribution in [0, 0.1) is 0 Å². The van der Waals surface area contributed by atoms with Crippen molar-refractivity contribution in [3.8, 4) is 0 Å². The Bertz CT molecular complexity index is 949. The summed E-state index contributed by atoms with van der Waals surface area (Å²) in [5.41, 5.74) is 5.29. The summed E-state index contributed by atoms with van der Waals surface area (Å²) in [6, 6.07) is 26.7. The normalized spacial score (nSPS) is 10.5. The van der Waals surface area contributed by atoms with Gasteiger partial charge in [0, 0.05) is 29.9 Å². The number of ether oxygens (including phenoxy) is 2. The fraction of sp³-hybridized carbons (Fsp3) is 0.286. The third-order valence-electron chi connectivity index (χ3n) is 5.25. The smallest absolute Gasteiger partial charge is 0.306 e. The molecule has 0 aliphatic carbocycles. The number of hydrogen-bond donors (Lipinski definition) is 0. The van der Waals surface area contributed by atoms with Crippen LogP contribution in [0.25, 0.3) is 0 Å². The first-order valence-electron chi connectivity index (χ1n) is 11.4. The van der Waals surface area contributed by atoms with Crippen LogP contribution in [0.5, 0.6) is 0 Å². The molecule has 33 heavy (non-hydrogen) atoms. The first kappa shape index (κ1) is 24.1. The summed E-state index contributed by atoms with van der Waals surface area (Å²) < 4.78 is 10.0. The first-order chi connectivity index (χ1) is 16.1. The number of rotatable bonds is 11. The van der Waals surface area contributed by atoms with Crippen molar-refractivity contribution in [2.75, 3.05) is 18.1 Å². The standard InChI is InChI=1S/C28H31NO4/c1-3-32-27(30)20-14-22-10-16-25(17-11-22)29(24-8-6-5-7-9-24)26-18-12-23(13-19-26)15-21-28(31)33-4-2/h5-13,16-19H,3-4,14-15,20-21H2,1-2H3. The van der Waals surface area contributed by atoms with Crippen molar-refractivity contribution >= 4 is 29.0 Å². The summed E-state index contributed by atoms with van der Waals surface area (Å²) in [6.45, 7) is 4.45. The van der Waals surface area contributed by atoms with E-state index in [2.05, 4.69) is 65.6 Å². The Labute approximate surface area is 196 Å². The highest BCUT2D eigenvalue weighted by Crippen LogP contribution is 2.34. The van der Waals surface area contributed by atoms with Gasteiger partial charge in [-0.25, -0.2) is 0 Å². The third-order valence-corrected chi connectivity index (χ3v) is 5.25. The Hall–Kier alpha value is -3.60. The van der Waals surface area contributed by atoms with Gasteiger partial charge in [-0.1, -0.05) is 42.5 Å². The van der Waals surface area contributed by atoms with Gasteiger partial charge in [0.05, 0.1) is 13.2 Å². The number of benzene rings is 3. The molecule has 0 saturated carbocycles. The number of hydrogen-bond acceptors (Lipinski definition) is 5. The number of nitrogens with zero attached hydrogens (tertiary/aromatic N) is 1.